The third-order valence-corrected chi connectivity index (χ3v) is 5.82. The molecule has 0 bridgehead atoms. The van der Waals surface area contributed by atoms with Gasteiger partial charge in [0.1, 0.15) is 0 Å². The van der Waals surface area contributed by atoms with E-state index >= 15 is 0 Å². The van der Waals surface area contributed by atoms with Crippen molar-refractivity contribution < 1.29 is 4.79 Å². The average molecular weight is 421 g/mol. The van der Waals surface area contributed by atoms with Gasteiger partial charge in [0, 0.05) is 18.4 Å². The highest BCUT2D eigenvalue weighted by atomic mass is 35.5. The average Bonchev–Trinajstić information content (AvgIpc) is 3.04. The summed E-state index contributed by atoms with van der Waals surface area (Å²) in [5.74, 6) is 1.24. The zero-order valence-electron chi connectivity index (χ0n) is 14.8. The van der Waals surface area contributed by atoms with Gasteiger partial charge in [-0.1, -0.05) is 59.2 Å². The first-order valence-corrected chi connectivity index (χ1v) is 10.0. The first-order chi connectivity index (χ1) is 13.0. The van der Waals surface area contributed by atoms with Gasteiger partial charge in [-0.05, 0) is 36.8 Å². The van der Waals surface area contributed by atoms with Gasteiger partial charge in [-0.2, -0.15) is 0 Å². The molecule has 0 radical (unpaired) electrons. The molecule has 0 saturated heterocycles. The van der Waals surface area contributed by atoms with Gasteiger partial charge in [0.15, 0.2) is 11.0 Å². The molecule has 1 amide bonds. The molecule has 0 fully saturated rings. The molecule has 0 unspecified atom stereocenters. The maximum Gasteiger partial charge on any atom is 0.251 e. The van der Waals surface area contributed by atoms with E-state index in [-0.39, 0.29) is 11.9 Å². The predicted molar refractivity (Wildman–Crippen MR) is 109 cm³/mol. The van der Waals surface area contributed by atoms with Crippen molar-refractivity contribution in [2.24, 2.45) is 7.05 Å². The van der Waals surface area contributed by atoms with E-state index < -0.39 is 0 Å². The normalized spacial score (nSPS) is 12.0. The smallest absolute Gasteiger partial charge is 0.251 e. The molecule has 0 saturated carbocycles. The Morgan fingerprint density at radius 2 is 1.89 bits per heavy atom. The molecule has 2 aromatic carbocycles. The summed E-state index contributed by atoms with van der Waals surface area (Å²) in [5, 5.41) is 13.3. The minimum Gasteiger partial charge on any atom is -0.342 e. The molecule has 1 atom stereocenters. The Balaban J connectivity index is 1.65. The Bertz CT molecular complexity index is 946. The van der Waals surface area contributed by atoms with Crippen molar-refractivity contribution in [3.8, 4) is 0 Å². The molecule has 0 aliphatic carbocycles. The maximum atomic E-state index is 12.3. The van der Waals surface area contributed by atoms with Gasteiger partial charge in [0.2, 0.25) is 0 Å². The molecule has 140 valence electrons. The van der Waals surface area contributed by atoms with Crippen LogP contribution < -0.4 is 5.32 Å². The zero-order valence-corrected chi connectivity index (χ0v) is 17.1. The Labute approximate surface area is 172 Å². The second kappa shape index (κ2) is 8.78. The van der Waals surface area contributed by atoms with Gasteiger partial charge in [-0.25, -0.2) is 0 Å². The number of amides is 1. The number of nitrogens with one attached hydrogen (secondary N) is 1. The zero-order chi connectivity index (χ0) is 19.4. The number of nitrogens with zero attached hydrogens (tertiary/aromatic N) is 3. The molecule has 27 heavy (non-hydrogen) atoms. The number of rotatable bonds is 6. The number of carbonyl (C=O) groups excluding carboxylic acids is 1. The van der Waals surface area contributed by atoms with Crippen LogP contribution in [0.2, 0.25) is 10.0 Å². The third kappa shape index (κ3) is 4.83. The van der Waals surface area contributed by atoms with Gasteiger partial charge in [0.05, 0.1) is 16.1 Å². The van der Waals surface area contributed by atoms with E-state index in [1.807, 2.05) is 48.9 Å². The van der Waals surface area contributed by atoms with E-state index in [9.17, 15) is 4.79 Å². The van der Waals surface area contributed by atoms with Crippen LogP contribution >= 0.6 is 35.0 Å². The molecule has 0 spiro atoms. The van der Waals surface area contributed by atoms with Crippen molar-refractivity contribution in [2.75, 3.05) is 0 Å². The van der Waals surface area contributed by atoms with E-state index in [0.29, 0.717) is 27.2 Å². The minimum atomic E-state index is -0.269. The molecule has 3 aromatic rings. The lowest BCUT2D eigenvalue weighted by atomic mass is 10.2. The summed E-state index contributed by atoms with van der Waals surface area (Å²) >= 11 is 13.5. The van der Waals surface area contributed by atoms with Crippen molar-refractivity contribution in [3.05, 3.63) is 75.5 Å². The lowest BCUT2D eigenvalue weighted by Crippen LogP contribution is -2.28. The van der Waals surface area contributed by atoms with Gasteiger partial charge >= 0.3 is 0 Å². The van der Waals surface area contributed by atoms with Crippen molar-refractivity contribution in [2.45, 2.75) is 23.9 Å². The molecule has 3 rings (SSSR count). The first-order valence-electron chi connectivity index (χ1n) is 8.27. The molecule has 0 aliphatic rings. The monoisotopic (exact) mass is 420 g/mol. The Kier molecular flexibility index (Phi) is 6.42. The number of halogens is 2. The number of carbonyl (C=O) groups is 1. The SMILES string of the molecule is C[C@H](NC(=O)c1ccccc1)c1nnc(SCc2ccc(Cl)c(Cl)c2)n1C. The second-order valence-corrected chi connectivity index (χ2v) is 7.76. The number of benzene rings is 2. The van der Waals surface area contributed by atoms with Crippen molar-refractivity contribution in [1.82, 2.24) is 20.1 Å². The van der Waals surface area contributed by atoms with Crippen molar-refractivity contribution in [3.63, 3.8) is 0 Å². The molecular weight excluding hydrogens is 403 g/mol. The fraction of sp³-hybridized carbons (Fsp3) is 0.211. The summed E-state index contributed by atoms with van der Waals surface area (Å²) in [6, 6.07) is 14.4. The van der Waals surface area contributed by atoms with E-state index in [0.717, 1.165) is 10.7 Å². The first kappa shape index (κ1) is 19.7. The van der Waals surface area contributed by atoms with Gasteiger partial charge in [-0.15, -0.1) is 10.2 Å². The molecule has 0 aliphatic heterocycles. The second-order valence-electron chi connectivity index (χ2n) is 6.00. The van der Waals surface area contributed by atoms with Crippen LogP contribution in [0.3, 0.4) is 0 Å². The van der Waals surface area contributed by atoms with E-state index in [1.54, 1.807) is 30.0 Å². The molecule has 5 nitrogen and oxygen atoms in total. The van der Waals surface area contributed by atoms with Crippen LogP contribution in [0.15, 0.2) is 53.7 Å². The Morgan fingerprint density at radius 1 is 1.15 bits per heavy atom. The summed E-state index contributed by atoms with van der Waals surface area (Å²) in [5.41, 5.74) is 1.66. The summed E-state index contributed by atoms with van der Waals surface area (Å²) in [6.45, 7) is 1.89. The minimum absolute atomic E-state index is 0.142. The van der Waals surface area contributed by atoms with Crippen LogP contribution in [0, 0.1) is 0 Å². The topological polar surface area (TPSA) is 59.8 Å². The lowest BCUT2D eigenvalue weighted by molar-refractivity contribution is 0.0937. The van der Waals surface area contributed by atoms with Crippen molar-refractivity contribution in [1.29, 1.82) is 0 Å². The molecule has 1 aromatic heterocycles. The van der Waals surface area contributed by atoms with Crippen LogP contribution in [0.25, 0.3) is 0 Å². The van der Waals surface area contributed by atoms with Crippen LogP contribution in [-0.2, 0) is 12.8 Å². The highest BCUT2D eigenvalue weighted by Gasteiger charge is 2.18. The van der Waals surface area contributed by atoms with Crippen LogP contribution in [0.4, 0.5) is 0 Å². The maximum absolute atomic E-state index is 12.3. The standard InChI is InChI=1S/C19H18Cl2N4OS/c1-12(22-18(26)14-6-4-3-5-7-14)17-23-24-19(25(17)2)27-11-13-8-9-15(20)16(21)10-13/h3-10,12H,11H2,1-2H3,(H,22,26)/t12-/m0/s1. The Hall–Kier alpha value is -2.02. The summed E-state index contributed by atoms with van der Waals surface area (Å²) in [7, 11) is 1.89. The van der Waals surface area contributed by atoms with E-state index in [1.165, 1.54) is 0 Å². The summed E-state index contributed by atoms with van der Waals surface area (Å²) in [6.07, 6.45) is 0. The summed E-state index contributed by atoms with van der Waals surface area (Å²) in [4.78, 5) is 12.3. The number of thioether (sulfide) groups is 1. The number of hydrogen-bond acceptors (Lipinski definition) is 4. The van der Waals surface area contributed by atoms with Gasteiger partial charge < -0.3 is 9.88 Å². The lowest BCUT2D eigenvalue weighted by Gasteiger charge is -2.13. The van der Waals surface area contributed by atoms with Gasteiger partial charge in [-0.3, -0.25) is 4.79 Å². The van der Waals surface area contributed by atoms with E-state index in [2.05, 4.69) is 15.5 Å². The molecular formula is C19H18Cl2N4OS. The highest BCUT2D eigenvalue weighted by Crippen LogP contribution is 2.27. The van der Waals surface area contributed by atoms with Crippen LogP contribution in [0.5, 0.6) is 0 Å². The molecule has 8 heteroatoms. The van der Waals surface area contributed by atoms with Crippen LogP contribution in [-0.4, -0.2) is 20.7 Å². The number of aromatic nitrogens is 3. The predicted octanol–water partition coefficient (Wildman–Crippen LogP) is 4.91. The van der Waals surface area contributed by atoms with E-state index in [4.69, 9.17) is 23.2 Å². The molecule has 1 N–H and O–H groups in total. The molecule has 1 heterocycles. The number of hydrogen-bond donors (Lipinski definition) is 1. The van der Waals surface area contributed by atoms with Crippen molar-refractivity contribution >= 4 is 40.9 Å². The summed E-state index contributed by atoms with van der Waals surface area (Å²) < 4.78 is 1.89. The third-order valence-electron chi connectivity index (χ3n) is 3.99. The largest absolute Gasteiger partial charge is 0.342 e. The highest BCUT2D eigenvalue weighted by molar-refractivity contribution is 7.98. The Morgan fingerprint density at radius 3 is 2.59 bits per heavy atom. The van der Waals surface area contributed by atoms with Gasteiger partial charge in [0.25, 0.3) is 5.91 Å². The quantitative estimate of drug-likeness (QED) is 0.575. The fourth-order valence-corrected chi connectivity index (χ4v) is 3.72. The van der Waals surface area contributed by atoms with Crippen LogP contribution in [0.1, 0.15) is 34.7 Å². The fourth-order valence-electron chi connectivity index (χ4n) is 2.54.